The van der Waals surface area contributed by atoms with Crippen molar-refractivity contribution in [1.29, 1.82) is 0 Å². The predicted octanol–water partition coefficient (Wildman–Crippen LogP) is 4.65. The molecule has 0 aliphatic heterocycles. The topological polar surface area (TPSA) is 15.3 Å². The maximum absolute atomic E-state index is 3.59. The molecule has 0 radical (unpaired) electrons. The highest BCUT2D eigenvalue weighted by Crippen LogP contribution is 2.28. The molecular formula is C17H22N2S. The van der Waals surface area contributed by atoms with Crippen molar-refractivity contribution in [2.75, 3.05) is 30.6 Å². The van der Waals surface area contributed by atoms with Gasteiger partial charge < -0.3 is 10.2 Å². The Bertz CT molecular complexity index is 549. The van der Waals surface area contributed by atoms with Gasteiger partial charge in [-0.1, -0.05) is 24.3 Å². The lowest BCUT2D eigenvalue weighted by Gasteiger charge is -2.19. The molecule has 1 N–H and O–H groups in total. The molecule has 20 heavy (non-hydrogen) atoms. The molecule has 1 atom stereocenters. The molecule has 0 amide bonds. The molecule has 106 valence electrons. The highest BCUT2D eigenvalue weighted by molar-refractivity contribution is 7.98. The van der Waals surface area contributed by atoms with Crippen LogP contribution in [0.5, 0.6) is 0 Å². The quantitative estimate of drug-likeness (QED) is 0.806. The average Bonchev–Trinajstić information content (AvgIpc) is 2.48. The fourth-order valence-corrected chi connectivity index (χ4v) is 2.70. The SMILES string of the molecule is CSc1ccccc1NC(C)c1ccc(N(C)C)cc1. The molecule has 0 aliphatic carbocycles. The number of para-hydroxylation sites is 1. The first-order chi connectivity index (χ1) is 9.61. The molecule has 0 saturated heterocycles. The van der Waals surface area contributed by atoms with Gasteiger partial charge >= 0.3 is 0 Å². The molecule has 1 unspecified atom stereocenters. The van der Waals surface area contributed by atoms with Gasteiger partial charge in [0.1, 0.15) is 0 Å². The third-order valence-corrected chi connectivity index (χ3v) is 4.18. The molecule has 0 heterocycles. The summed E-state index contributed by atoms with van der Waals surface area (Å²) >= 11 is 1.77. The Morgan fingerprint density at radius 1 is 1.00 bits per heavy atom. The van der Waals surface area contributed by atoms with Crippen LogP contribution in [-0.2, 0) is 0 Å². The first-order valence-electron chi connectivity index (χ1n) is 6.78. The fraction of sp³-hybridized carbons (Fsp3) is 0.294. The minimum Gasteiger partial charge on any atom is -0.378 e. The fourth-order valence-electron chi connectivity index (χ4n) is 2.14. The summed E-state index contributed by atoms with van der Waals surface area (Å²) in [6.07, 6.45) is 2.11. The third kappa shape index (κ3) is 3.48. The second-order valence-corrected chi connectivity index (χ2v) is 5.90. The molecule has 2 aromatic carbocycles. The second kappa shape index (κ2) is 6.71. The van der Waals surface area contributed by atoms with Crippen molar-refractivity contribution in [2.45, 2.75) is 17.9 Å². The largest absolute Gasteiger partial charge is 0.378 e. The van der Waals surface area contributed by atoms with Crippen LogP contribution in [0.2, 0.25) is 0 Å². The Kier molecular flexibility index (Phi) is 4.96. The zero-order valence-electron chi connectivity index (χ0n) is 12.6. The van der Waals surface area contributed by atoms with E-state index in [4.69, 9.17) is 0 Å². The van der Waals surface area contributed by atoms with Crippen molar-refractivity contribution < 1.29 is 0 Å². The van der Waals surface area contributed by atoms with Crippen molar-refractivity contribution in [2.24, 2.45) is 0 Å². The Labute approximate surface area is 126 Å². The number of nitrogens with one attached hydrogen (secondary N) is 1. The molecule has 0 bridgehead atoms. The summed E-state index contributed by atoms with van der Waals surface area (Å²) in [4.78, 5) is 3.40. The van der Waals surface area contributed by atoms with E-state index in [1.807, 2.05) is 0 Å². The van der Waals surface area contributed by atoms with Crippen LogP contribution in [0.15, 0.2) is 53.4 Å². The third-order valence-electron chi connectivity index (χ3n) is 3.39. The van der Waals surface area contributed by atoms with Crippen LogP contribution in [0.1, 0.15) is 18.5 Å². The Morgan fingerprint density at radius 2 is 1.65 bits per heavy atom. The van der Waals surface area contributed by atoms with Gasteiger partial charge in [0, 0.05) is 36.4 Å². The van der Waals surface area contributed by atoms with Gasteiger partial charge in [0.15, 0.2) is 0 Å². The number of nitrogens with zero attached hydrogens (tertiary/aromatic N) is 1. The second-order valence-electron chi connectivity index (χ2n) is 5.05. The van der Waals surface area contributed by atoms with E-state index in [0.29, 0.717) is 6.04 Å². The summed E-state index contributed by atoms with van der Waals surface area (Å²) in [6, 6.07) is 17.4. The summed E-state index contributed by atoms with van der Waals surface area (Å²) < 4.78 is 0. The smallest absolute Gasteiger partial charge is 0.0486 e. The van der Waals surface area contributed by atoms with E-state index < -0.39 is 0 Å². The van der Waals surface area contributed by atoms with Gasteiger partial charge in [-0.15, -0.1) is 11.8 Å². The van der Waals surface area contributed by atoms with Gasteiger partial charge in [0.25, 0.3) is 0 Å². The number of anilines is 2. The summed E-state index contributed by atoms with van der Waals surface area (Å²) in [5, 5.41) is 3.59. The zero-order valence-corrected chi connectivity index (χ0v) is 13.4. The normalized spacial score (nSPS) is 12.0. The predicted molar refractivity (Wildman–Crippen MR) is 91.0 cm³/mol. The van der Waals surface area contributed by atoms with Gasteiger partial charge in [-0.3, -0.25) is 0 Å². The lowest BCUT2D eigenvalue weighted by Crippen LogP contribution is -2.10. The molecule has 2 rings (SSSR count). The van der Waals surface area contributed by atoms with Gasteiger partial charge in [0.05, 0.1) is 0 Å². The van der Waals surface area contributed by atoms with E-state index >= 15 is 0 Å². The minimum absolute atomic E-state index is 0.291. The molecule has 0 spiro atoms. The summed E-state index contributed by atoms with van der Waals surface area (Å²) in [5.74, 6) is 0. The van der Waals surface area contributed by atoms with Crippen LogP contribution in [0, 0.1) is 0 Å². The number of hydrogen-bond acceptors (Lipinski definition) is 3. The lowest BCUT2D eigenvalue weighted by atomic mass is 10.1. The molecular weight excluding hydrogens is 264 g/mol. The Balaban J connectivity index is 2.13. The van der Waals surface area contributed by atoms with Crippen molar-refractivity contribution in [3.8, 4) is 0 Å². The van der Waals surface area contributed by atoms with Gasteiger partial charge in [-0.05, 0) is 43.0 Å². The Hall–Kier alpha value is -1.61. The van der Waals surface area contributed by atoms with Gasteiger partial charge in [-0.2, -0.15) is 0 Å². The van der Waals surface area contributed by atoms with E-state index in [-0.39, 0.29) is 0 Å². The first-order valence-corrected chi connectivity index (χ1v) is 8.01. The monoisotopic (exact) mass is 286 g/mol. The summed E-state index contributed by atoms with van der Waals surface area (Å²) in [6.45, 7) is 2.20. The number of benzene rings is 2. The molecule has 2 aromatic rings. The minimum atomic E-state index is 0.291. The van der Waals surface area contributed by atoms with Gasteiger partial charge in [0.2, 0.25) is 0 Å². The van der Waals surface area contributed by atoms with E-state index in [2.05, 4.69) is 86.0 Å². The van der Waals surface area contributed by atoms with Crippen LogP contribution in [-0.4, -0.2) is 20.4 Å². The maximum Gasteiger partial charge on any atom is 0.0486 e. The maximum atomic E-state index is 3.59. The summed E-state index contributed by atoms with van der Waals surface area (Å²) in [5.41, 5.74) is 3.72. The van der Waals surface area contributed by atoms with Crippen LogP contribution < -0.4 is 10.2 Å². The number of thioether (sulfide) groups is 1. The van der Waals surface area contributed by atoms with E-state index in [1.54, 1.807) is 11.8 Å². The van der Waals surface area contributed by atoms with Gasteiger partial charge in [-0.25, -0.2) is 0 Å². The number of rotatable bonds is 5. The molecule has 2 nitrogen and oxygen atoms in total. The van der Waals surface area contributed by atoms with Crippen LogP contribution in [0.3, 0.4) is 0 Å². The summed E-state index contributed by atoms with van der Waals surface area (Å²) in [7, 11) is 4.12. The number of hydrogen-bond donors (Lipinski definition) is 1. The molecule has 0 fully saturated rings. The van der Waals surface area contributed by atoms with E-state index in [1.165, 1.54) is 21.8 Å². The van der Waals surface area contributed by atoms with Crippen LogP contribution in [0.25, 0.3) is 0 Å². The molecule has 0 aromatic heterocycles. The average molecular weight is 286 g/mol. The Morgan fingerprint density at radius 3 is 2.25 bits per heavy atom. The highest BCUT2D eigenvalue weighted by Gasteiger charge is 2.08. The first kappa shape index (κ1) is 14.8. The molecule has 0 aliphatic rings. The highest BCUT2D eigenvalue weighted by atomic mass is 32.2. The lowest BCUT2D eigenvalue weighted by molar-refractivity contribution is 0.879. The van der Waals surface area contributed by atoms with E-state index in [9.17, 15) is 0 Å². The zero-order chi connectivity index (χ0) is 14.5. The van der Waals surface area contributed by atoms with Crippen molar-refractivity contribution in [1.82, 2.24) is 0 Å². The van der Waals surface area contributed by atoms with Crippen molar-refractivity contribution in [3.63, 3.8) is 0 Å². The molecule has 3 heteroatoms. The van der Waals surface area contributed by atoms with Crippen LogP contribution >= 0.6 is 11.8 Å². The standard InChI is InChI=1S/C17H22N2S/c1-13(14-9-11-15(12-10-14)19(2)3)18-16-7-5-6-8-17(16)20-4/h5-13,18H,1-4H3. The van der Waals surface area contributed by atoms with Crippen molar-refractivity contribution >= 4 is 23.1 Å². The van der Waals surface area contributed by atoms with E-state index in [0.717, 1.165) is 0 Å². The van der Waals surface area contributed by atoms with Crippen molar-refractivity contribution in [3.05, 3.63) is 54.1 Å². The molecule has 0 saturated carbocycles. The van der Waals surface area contributed by atoms with Crippen LogP contribution in [0.4, 0.5) is 11.4 Å².